The van der Waals surface area contributed by atoms with E-state index in [1.807, 2.05) is 6.20 Å². The molecule has 1 aromatic rings. The maximum atomic E-state index is 4.53. The standard InChI is InChI=1S/C16H26N2/c1-15(2,3)13-7-8-14(17-11-13)18-12-16(4)9-5-6-10-16/h7-8,11H,5-6,9-10,12H2,1-4H3,(H,17,18). The molecule has 2 nitrogen and oxygen atoms in total. The van der Waals surface area contributed by atoms with Gasteiger partial charge in [0, 0.05) is 12.7 Å². The fourth-order valence-electron chi connectivity index (χ4n) is 2.65. The Balaban J connectivity index is 1.94. The highest BCUT2D eigenvalue weighted by atomic mass is 15.0. The van der Waals surface area contributed by atoms with E-state index in [9.17, 15) is 0 Å². The summed E-state index contributed by atoms with van der Waals surface area (Å²) in [5, 5.41) is 3.49. The minimum atomic E-state index is 0.183. The van der Waals surface area contributed by atoms with E-state index < -0.39 is 0 Å². The van der Waals surface area contributed by atoms with Crippen molar-refractivity contribution in [3.63, 3.8) is 0 Å². The Labute approximate surface area is 111 Å². The number of nitrogens with zero attached hydrogens (tertiary/aromatic N) is 1. The first-order valence-electron chi connectivity index (χ1n) is 7.10. The topological polar surface area (TPSA) is 24.9 Å². The zero-order valence-corrected chi connectivity index (χ0v) is 12.2. The smallest absolute Gasteiger partial charge is 0.125 e. The van der Waals surface area contributed by atoms with Crippen LogP contribution in [0, 0.1) is 5.41 Å². The van der Waals surface area contributed by atoms with E-state index >= 15 is 0 Å². The fourth-order valence-corrected chi connectivity index (χ4v) is 2.65. The van der Waals surface area contributed by atoms with Crippen LogP contribution in [-0.2, 0) is 5.41 Å². The molecule has 0 unspecified atom stereocenters. The van der Waals surface area contributed by atoms with Crippen molar-refractivity contribution in [2.45, 2.75) is 58.8 Å². The maximum Gasteiger partial charge on any atom is 0.125 e. The molecule has 0 aliphatic heterocycles. The van der Waals surface area contributed by atoms with Crippen molar-refractivity contribution in [1.29, 1.82) is 0 Å². The molecule has 0 atom stereocenters. The molecule has 0 amide bonds. The molecule has 0 bridgehead atoms. The van der Waals surface area contributed by atoms with Gasteiger partial charge in [0.2, 0.25) is 0 Å². The van der Waals surface area contributed by atoms with Crippen molar-refractivity contribution in [2.24, 2.45) is 5.41 Å². The molecule has 0 radical (unpaired) electrons. The third-order valence-electron chi connectivity index (χ3n) is 4.14. The Bertz CT molecular complexity index is 381. The molecule has 0 saturated heterocycles. The van der Waals surface area contributed by atoms with Gasteiger partial charge in [-0.1, -0.05) is 46.6 Å². The van der Waals surface area contributed by atoms with Gasteiger partial charge in [-0.05, 0) is 35.3 Å². The lowest BCUT2D eigenvalue weighted by Crippen LogP contribution is -2.23. The Morgan fingerprint density at radius 2 is 1.89 bits per heavy atom. The highest BCUT2D eigenvalue weighted by molar-refractivity contribution is 5.37. The van der Waals surface area contributed by atoms with E-state index in [2.05, 4.69) is 50.1 Å². The molecule has 1 aliphatic rings. The zero-order valence-electron chi connectivity index (χ0n) is 12.2. The summed E-state index contributed by atoms with van der Waals surface area (Å²) in [5.74, 6) is 1.01. The second-order valence-electron chi connectivity index (χ2n) is 7.05. The van der Waals surface area contributed by atoms with Crippen molar-refractivity contribution in [3.05, 3.63) is 23.9 Å². The van der Waals surface area contributed by atoms with Crippen LogP contribution in [0.4, 0.5) is 5.82 Å². The van der Waals surface area contributed by atoms with E-state index in [4.69, 9.17) is 0 Å². The van der Waals surface area contributed by atoms with Gasteiger partial charge in [-0.2, -0.15) is 0 Å². The fraction of sp³-hybridized carbons (Fsp3) is 0.688. The van der Waals surface area contributed by atoms with Crippen molar-refractivity contribution >= 4 is 5.82 Å². The van der Waals surface area contributed by atoms with Crippen molar-refractivity contribution in [3.8, 4) is 0 Å². The average molecular weight is 246 g/mol. The monoisotopic (exact) mass is 246 g/mol. The molecule has 1 fully saturated rings. The second-order valence-corrected chi connectivity index (χ2v) is 7.05. The molecule has 0 spiro atoms. The van der Waals surface area contributed by atoms with E-state index in [0.717, 1.165) is 12.4 Å². The van der Waals surface area contributed by atoms with Gasteiger partial charge < -0.3 is 5.32 Å². The minimum Gasteiger partial charge on any atom is -0.370 e. The van der Waals surface area contributed by atoms with Crippen LogP contribution >= 0.6 is 0 Å². The van der Waals surface area contributed by atoms with Crippen LogP contribution in [0.3, 0.4) is 0 Å². The minimum absolute atomic E-state index is 0.183. The summed E-state index contributed by atoms with van der Waals surface area (Å²) in [6, 6.07) is 4.30. The lowest BCUT2D eigenvalue weighted by Gasteiger charge is -2.24. The predicted octanol–water partition coefficient (Wildman–Crippen LogP) is 4.37. The summed E-state index contributed by atoms with van der Waals surface area (Å²) in [6.07, 6.45) is 7.46. The second kappa shape index (κ2) is 4.91. The summed E-state index contributed by atoms with van der Waals surface area (Å²) >= 11 is 0. The van der Waals surface area contributed by atoms with Gasteiger partial charge in [0.1, 0.15) is 5.82 Å². The van der Waals surface area contributed by atoms with E-state index in [0.29, 0.717) is 5.41 Å². The molecule has 1 heterocycles. The molecular weight excluding hydrogens is 220 g/mol. The van der Waals surface area contributed by atoms with Gasteiger partial charge in [-0.25, -0.2) is 4.98 Å². The Hall–Kier alpha value is -1.05. The summed E-state index contributed by atoms with van der Waals surface area (Å²) in [7, 11) is 0. The lowest BCUT2D eigenvalue weighted by atomic mass is 9.88. The van der Waals surface area contributed by atoms with Gasteiger partial charge in [-0.15, -0.1) is 0 Å². The molecule has 2 heteroatoms. The molecular formula is C16H26N2. The van der Waals surface area contributed by atoms with Crippen molar-refractivity contribution < 1.29 is 0 Å². The molecule has 1 N–H and O–H groups in total. The Kier molecular flexibility index (Phi) is 3.65. The van der Waals surface area contributed by atoms with Crippen LogP contribution in [0.15, 0.2) is 18.3 Å². The molecule has 18 heavy (non-hydrogen) atoms. The van der Waals surface area contributed by atoms with Gasteiger partial charge in [0.25, 0.3) is 0 Å². The third-order valence-corrected chi connectivity index (χ3v) is 4.14. The van der Waals surface area contributed by atoms with Gasteiger partial charge >= 0.3 is 0 Å². The number of nitrogens with one attached hydrogen (secondary N) is 1. The summed E-state index contributed by atoms with van der Waals surface area (Å²) in [4.78, 5) is 4.53. The molecule has 1 aromatic heterocycles. The van der Waals surface area contributed by atoms with Crippen LogP contribution < -0.4 is 5.32 Å². The first-order valence-corrected chi connectivity index (χ1v) is 7.10. The first-order chi connectivity index (χ1) is 8.39. The quantitative estimate of drug-likeness (QED) is 0.856. The van der Waals surface area contributed by atoms with Crippen LogP contribution in [0.25, 0.3) is 0 Å². The van der Waals surface area contributed by atoms with Crippen LogP contribution in [-0.4, -0.2) is 11.5 Å². The Morgan fingerprint density at radius 1 is 1.22 bits per heavy atom. The first kappa shape index (κ1) is 13.4. The lowest BCUT2D eigenvalue weighted by molar-refractivity contribution is 0.361. The summed E-state index contributed by atoms with van der Waals surface area (Å²) in [5.41, 5.74) is 1.95. The largest absolute Gasteiger partial charge is 0.370 e. The molecule has 100 valence electrons. The number of hydrogen-bond acceptors (Lipinski definition) is 2. The maximum absolute atomic E-state index is 4.53. The van der Waals surface area contributed by atoms with Gasteiger partial charge in [0.15, 0.2) is 0 Å². The SMILES string of the molecule is CC1(CNc2ccc(C(C)(C)C)cn2)CCCC1. The van der Waals surface area contributed by atoms with Crippen molar-refractivity contribution in [2.75, 3.05) is 11.9 Å². The van der Waals surface area contributed by atoms with Gasteiger partial charge in [-0.3, -0.25) is 0 Å². The zero-order chi connectivity index (χ0) is 13.2. The van der Waals surface area contributed by atoms with E-state index in [1.54, 1.807) is 0 Å². The van der Waals surface area contributed by atoms with Crippen LogP contribution in [0.5, 0.6) is 0 Å². The summed E-state index contributed by atoms with van der Waals surface area (Å²) in [6.45, 7) is 10.1. The van der Waals surface area contributed by atoms with E-state index in [-0.39, 0.29) is 5.41 Å². The average Bonchev–Trinajstić information content (AvgIpc) is 2.74. The molecule has 2 rings (SSSR count). The number of hydrogen-bond donors (Lipinski definition) is 1. The Morgan fingerprint density at radius 3 is 2.39 bits per heavy atom. The third kappa shape index (κ3) is 3.24. The van der Waals surface area contributed by atoms with E-state index in [1.165, 1.54) is 31.2 Å². The van der Waals surface area contributed by atoms with Crippen molar-refractivity contribution in [1.82, 2.24) is 4.98 Å². The molecule has 1 aliphatic carbocycles. The van der Waals surface area contributed by atoms with Gasteiger partial charge in [0.05, 0.1) is 0 Å². The molecule has 0 aromatic carbocycles. The normalized spacial score (nSPS) is 18.9. The number of rotatable bonds is 3. The number of anilines is 1. The molecule has 1 saturated carbocycles. The van der Waals surface area contributed by atoms with Crippen LogP contribution in [0.2, 0.25) is 0 Å². The summed E-state index contributed by atoms with van der Waals surface area (Å²) < 4.78 is 0. The van der Waals surface area contributed by atoms with Crippen LogP contribution in [0.1, 0.15) is 58.9 Å². The highest BCUT2D eigenvalue weighted by Gasteiger charge is 2.28. The highest BCUT2D eigenvalue weighted by Crippen LogP contribution is 2.37. The predicted molar refractivity (Wildman–Crippen MR) is 78.0 cm³/mol. The number of aromatic nitrogens is 1. The number of pyridine rings is 1.